The van der Waals surface area contributed by atoms with Crippen molar-refractivity contribution in [3.05, 3.63) is 65.1 Å². The van der Waals surface area contributed by atoms with Gasteiger partial charge in [-0.3, -0.25) is 4.79 Å². The molecule has 0 aliphatic heterocycles. The smallest absolute Gasteiger partial charge is 0.270 e. The molecule has 0 saturated heterocycles. The molecule has 0 atom stereocenters. The van der Waals surface area contributed by atoms with Crippen LogP contribution in [0.15, 0.2) is 48.2 Å². The van der Waals surface area contributed by atoms with Crippen LogP contribution in [0.5, 0.6) is 0 Å². The molecule has 0 unspecified atom stereocenters. The van der Waals surface area contributed by atoms with Crippen LogP contribution in [0.1, 0.15) is 21.6 Å². The number of benzene rings is 1. The fourth-order valence-corrected chi connectivity index (χ4v) is 2.77. The van der Waals surface area contributed by atoms with Crippen molar-refractivity contribution in [1.82, 2.24) is 20.3 Å². The van der Waals surface area contributed by atoms with Crippen LogP contribution in [0.25, 0.3) is 0 Å². The van der Waals surface area contributed by atoms with Gasteiger partial charge in [-0.2, -0.15) is 0 Å². The van der Waals surface area contributed by atoms with Crippen molar-refractivity contribution in [3.63, 3.8) is 0 Å². The number of anilines is 2. The Hall–Kier alpha value is -2.80. The Bertz CT molecular complexity index is 801. The summed E-state index contributed by atoms with van der Waals surface area (Å²) in [6, 6.07) is 10.0. The second-order valence-electron chi connectivity index (χ2n) is 5.25. The van der Waals surface area contributed by atoms with E-state index >= 15 is 0 Å². The first kappa shape index (κ1) is 16.1. The van der Waals surface area contributed by atoms with Crippen molar-refractivity contribution in [2.24, 2.45) is 0 Å². The monoisotopic (exact) mass is 339 g/mol. The van der Waals surface area contributed by atoms with E-state index in [1.54, 1.807) is 17.6 Å². The topological polar surface area (TPSA) is 79.8 Å². The van der Waals surface area contributed by atoms with E-state index in [-0.39, 0.29) is 5.91 Å². The minimum atomic E-state index is -0.172. The van der Waals surface area contributed by atoms with Gasteiger partial charge in [0.2, 0.25) is 0 Å². The minimum Gasteiger partial charge on any atom is -0.350 e. The van der Waals surface area contributed by atoms with E-state index in [1.807, 2.05) is 0 Å². The molecule has 7 heteroatoms. The Morgan fingerprint density at radius 2 is 2.04 bits per heavy atom. The van der Waals surface area contributed by atoms with Gasteiger partial charge in [-0.15, -0.1) is 11.3 Å². The standard InChI is InChI=1S/C17H17N5OS/c1-12-2-4-13(5-3-12)6-9-19-16(23)14-10-24-17(21-14)22-15-7-8-18-11-20-15/h2-5,7-8,10-11H,6,9H2,1H3,(H,19,23)(H,18,20,21,22). The predicted octanol–water partition coefficient (Wildman–Crippen LogP) is 2.96. The third-order valence-electron chi connectivity index (χ3n) is 3.37. The second-order valence-corrected chi connectivity index (χ2v) is 6.11. The highest BCUT2D eigenvalue weighted by atomic mass is 32.1. The molecule has 0 radical (unpaired) electrons. The van der Waals surface area contributed by atoms with E-state index in [9.17, 15) is 4.79 Å². The Morgan fingerprint density at radius 1 is 1.21 bits per heavy atom. The number of carbonyl (C=O) groups is 1. The molecule has 0 aliphatic carbocycles. The number of aromatic nitrogens is 3. The van der Waals surface area contributed by atoms with Crippen molar-refractivity contribution in [2.75, 3.05) is 11.9 Å². The molecule has 1 aromatic carbocycles. The van der Waals surface area contributed by atoms with Gasteiger partial charge >= 0.3 is 0 Å². The first-order chi connectivity index (χ1) is 11.7. The number of amides is 1. The fourth-order valence-electron chi connectivity index (χ4n) is 2.08. The molecule has 3 rings (SSSR count). The van der Waals surface area contributed by atoms with Crippen molar-refractivity contribution >= 4 is 28.2 Å². The first-order valence-electron chi connectivity index (χ1n) is 7.53. The quantitative estimate of drug-likeness (QED) is 0.722. The summed E-state index contributed by atoms with van der Waals surface area (Å²) in [4.78, 5) is 24.3. The van der Waals surface area contributed by atoms with Gasteiger partial charge in [-0.1, -0.05) is 29.8 Å². The molecule has 2 N–H and O–H groups in total. The summed E-state index contributed by atoms with van der Waals surface area (Å²) in [7, 11) is 0. The molecule has 0 bridgehead atoms. The Morgan fingerprint density at radius 3 is 2.79 bits per heavy atom. The SMILES string of the molecule is Cc1ccc(CCNC(=O)c2csc(Nc3ccncn3)n2)cc1. The van der Waals surface area contributed by atoms with E-state index in [4.69, 9.17) is 0 Å². The van der Waals surface area contributed by atoms with Crippen molar-refractivity contribution < 1.29 is 4.79 Å². The zero-order valence-corrected chi connectivity index (χ0v) is 14.0. The number of nitrogens with one attached hydrogen (secondary N) is 2. The summed E-state index contributed by atoms with van der Waals surface area (Å²) in [5.74, 6) is 0.472. The van der Waals surface area contributed by atoms with Gasteiger partial charge in [0.15, 0.2) is 5.13 Å². The maximum absolute atomic E-state index is 12.1. The van der Waals surface area contributed by atoms with E-state index in [0.29, 0.717) is 23.2 Å². The van der Waals surface area contributed by atoms with Crippen LogP contribution >= 0.6 is 11.3 Å². The van der Waals surface area contributed by atoms with Gasteiger partial charge in [0, 0.05) is 18.1 Å². The van der Waals surface area contributed by atoms with Crippen molar-refractivity contribution in [3.8, 4) is 0 Å². The summed E-state index contributed by atoms with van der Waals surface area (Å²) in [5, 5.41) is 8.28. The van der Waals surface area contributed by atoms with Crippen molar-refractivity contribution in [2.45, 2.75) is 13.3 Å². The normalized spacial score (nSPS) is 10.4. The molecule has 24 heavy (non-hydrogen) atoms. The highest BCUT2D eigenvalue weighted by molar-refractivity contribution is 7.14. The van der Waals surface area contributed by atoms with Crippen LogP contribution in [0.3, 0.4) is 0 Å². The molecule has 6 nitrogen and oxygen atoms in total. The van der Waals surface area contributed by atoms with Gasteiger partial charge in [-0.25, -0.2) is 15.0 Å². The lowest BCUT2D eigenvalue weighted by Gasteiger charge is -2.04. The van der Waals surface area contributed by atoms with Crippen molar-refractivity contribution in [1.29, 1.82) is 0 Å². The summed E-state index contributed by atoms with van der Waals surface area (Å²) in [6.45, 7) is 2.63. The highest BCUT2D eigenvalue weighted by Gasteiger charge is 2.10. The van der Waals surface area contributed by atoms with Crippen LogP contribution in [0.2, 0.25) is 0 Å². The van der Waals surface area contributed by atoms with E-state index in [1.165, 1.54) is 28.8 Å². The molecule has 1 amide bonds. The van der Waals surface area contributed by atoms with Gasteiger partial charge < -0.3 is 10.6 Å². The summed E-state index contributed by atoms with van der Waals surface area (Å²) in [6.07, 6.45) is 3.89. The zero-order chi connectivity index (χ0) is 16.8. The number of aryl methyl sites for hydroxylation is 1. The molecular weight excluding hydrogens is 322 g/mol. The number of nitrogens with zero attached hydrogens (tertiary/aromatic N) is 3. The van der Waals surface area contributed by atoms with Gasteiger partial charge in [-0.05, 0) is 25.0 Å². The highest BCUT2D eigenvalue weighted by Crippen LogP contribution is 2.19. The summed E-state index contributed by atoms with van der Waals surface area (Å²) < 4.78 is 0. The van der Waals surface area contributed by atoms with Crippen LogP contribution in [-0.2, 0) is 6.42 Å². The second kappa shape index (κ2) is 7.65. The average molecular weight is 339 g/mol. The summed E-state index contributed by atoms with van der Waals surface area (Å²) >= 11 is 1.36. The van der Waals surface area contributed by atoms with Crippen LogP contribution in [0, 0.1) is 6.92 Å². The number of rotatable bonds is 6. The fraction of sp³-hybridized carbons (Fsp3) is 0.176. The zero-order valence-electron chi connectivity index (χ0n) is 13.2. The van der Waals surface area contributed by atoms with E-state index < -0.39 is 0 Å². The van der Waals surface area contributed by atoms with Crippen LogP contribution in [0.4, 0.5) is 10.9 Å². The predicted molar refractivity (Wildman–Crippen MR) is 94.6 cm³/mol. The molecule has 0 spiro atoms. The molecule has 122 valence electrons. The van der Waals surface area contributed by atoms with Gasteiger partial charge in [0.1, 0.15) is 17.8 Å². The third-order valence-corrected chi connectivity index (χ3v) is 4.13. The molecule has 2 heterocycles. The number of hydrogen-bond acceptors (Lipinski definition) is 6. The number of thiazole rings is 1. The van der Waals surface area contributed by atoms with Gasteiger partial charge in [0.25, 0.3) is 5.91 Å². The number of carbonyl (C=O) groups excluding carboxylic acids is 1. The molecule has 2 aromatic heterocycles. The Balaban J connectivity index is 1.51. The Kier molecular flexibility index (Phi) is 5.12. The largest absolute Gasteiger partial charge is 0.350 e. The lowest BCUT2D eigenvalue weighted by atomic mass is 10.1. The summed E-state index contributed by atoms with van der Waals surface area (Å²) in [5.41, 5.74) is 2.83. The lowest BCUT2D eigenvalue weighted by molar-refractivity contribution is 0.0950. The maximum Gasteiger partial charge on any atom is 0.270 e. The molecule has 0 aliphatic rings. The third kappa shape index (κ3) is 4.36. The van der Waals surface area contributed by atoms with Crippen LogP contribution in [-0.4, -0.2) is 27.4 Å². The maximum atomic E-state index is 12.1. The number of hydrogen-bond donors (Lipinski definition) is 2. The van der Waals surface area contributed by atoms with E-state index in [2.05, 4.69) is 56.8 Å². The molecular formula is C17H17N5OS. The minimum absolute atomic E-state index is 0.172. The lowest BCUT2D eigenvalue weighted by Crippen LogP contribution is -2.25. The molecule has 0 fully saturated rings. The molecule has 0 saturated carbocycles. The van der Waals surface area contributed by atoms with Crippen LogP contribution < -0.4 is 10.6 Å². The average Bonchev–Trinajstić information content (AvgIpc) is 3.06. The first-order valence-corrected chi connectivity index (χ1v) is 8.41. The Labute approximate surface area is 144 Å². The van der Waals surface area contributed by atoms with Gasteiger partial charge in [0.05, 0.1) is 0 Å². The molecule has 3 aromatic rings. The van der Waals surface area contributed by atoms with E-state index in [0.717, 1.165) is 6.42 Å².